The van der Waals surface area contributed by atoms with Gasteiger partial charge in [-0.3, -0.25) is 9.69 Å². The van der Waals surface area contributed by atoms with Crippen LogP contribution in [0.25, 0.3) is 21.2 Å². The number of furan rings is 1. The van der Waals surface area contributed by atoms with E-state index in [9.17, 15) is 4.79 Å². The lowest BCUT2D eigenvalue weighted by atomic mass is 10.2. The van der Waals surface area contributed by atoms with Gasteiger partial charge in [0.2, 0.25) is 0 Å². The second-order valence-electron chi connectivity index (χ2n) is 7.60. The Hall–Kier alpha value is -3.10. The predicted molar refractivity (Wildman–Crippen MR) is 124 cm³/mol. The molecular formula is C24H24N2O5S. The quantitative estimate of drug-likeness (QED) is 0.380. The van der Waals surface area contributed by atoms with E-state index in [1.807, 2.05) is 43.3 Å². The number of amides is 1. The molecule has 1 fully saturated rings. The fraction of sp³-hybridized carbons (Fsp3) is 0.333. The minimum absolute atomic E-state index is 0.0242. The van der Waals surface area contributed by atoms with Gasteiger partial charge in [-0.1, -0.05) is 23.5 Å². The smallest absolute Gasteiger partial charge is 0.295 e. The highest BCUT2D eigenvalue weighted by molar-refractivity contribution is 7.22. The van der Waals surface area contributed by atoms with Crippen molar-refractivity contribution < 1.29 is 23.4 Å². The standard InChI is InChI=1S/C24H24N2O5S/c1-3-29-19-8-4-6-15-12-20(31-22(15)19)23(27)26(14-17-7-5-11-30-17)24-25-18-13-16(28-2)9-10-21(18)32-24/h4,6,8-10,12-13,17H,3,5,7,11,14H2,1-2H3. The summed E-state index contributed by atoms with van der Waals surface area (Å²) in [6, 6.07) is 13.1. The van der Waals surface area contributed by atoms with Gasteiger partial charge < -0.3 is 18.6 Å². The van der Waals surface area contributed by atoms with Crippen LogP contribution in [-0.2, 0) is 4.74 Å². The van der Waals surface area contributed by atoms with Crippen molar-refractivity contribution in [2.75, 3.05) is 31.8 Å². The van der Waals surface area contributed by atoms with E-state index >= 15 is 0 Å². The van der Waals surface area contributed by atoms with Crippen molar-refractivity contribution in [3.63, 3.8) is 0 Å². The molecule has 1 atom stereocenters. The molecule has 1 aliphatic heterocycles. The largest absolute Gasteiger partial charge is 0.497 e. The molecule has 1 saturated heterocycles. The van der Waals surface area contributed by atoms with Gasteiger partial charge in [0.05, 0.1) is 36.6 Å². The van der Waals surface area contributed by atoms with Crippen LogP contribution in [0.2, 0.25) is 0 Å². The van der Waals surface area contributed by atoms with Crippen molar-refractivity contribution in [1.82, 2.24) is 4.98 Å². The second kappa shape index (κ2) is 8.80. The lowest BCUT2D eigenvalue weighted by molar-refractivity contribution is 0.0896. The zero-order valence-corrected chi connectivity index (χ0v) is 18.8. The van der Waals surface area contributed by atoms with Crippen LogP contribution in [-0.4, -0.2) is 43.9 Å². The minimum Gasteiger partial charge on any atom is -0.497 e. The van der Waals surface area contributed by atoms with Crippen LogP contribution < -0.4 is 14.4 Å². The van der Waals surface area contributed by atoms with Gasteiger partial charge in [-0.25, -0.2) is 4.98 Å². The summed E-state index contributed by atoms with van der Waals surface area (Å²) in [7, 11) is 1.62. The molecule has 32 heavy (non-hydrogen) atoms. The van der Waals surface area contributed by atoms with E-state index in [1.54, 1.807) is 18.1 Å². The highest BCUT2D eigenvalue weighted by atomic mass is 32.1. The van der Waals surface area contributed by atoms with Gasteiger partial charge in [0.15, 0.2) is 22.2 Å². The van der Waals surface area contributed by atoms with E-state index in [2.05, 4.69) is 0 Å². The van der Waals surface area contributed by atoms with Crippen molar-refractivity contribution in [3.05, 3.63) is 48.2 Å². The van der Waals surface area contributed by atoms with Crippen LogP contribution in [0, 0.1) is 0 Å². The Labute approximate surface area is 189 Å². The monoisotopic (exact) mass is 452 g/mol. The molecule has 4 aromatic rings. The van der Waals surface area contributed by atoms with Crippen LogP contribution in [0.3, 0.4) is 0 Å². The molecular weight excluding hydrogens is 428 g/mol. The van der Waals surface area contributed by atoms with Crippen LogP contribution in [0.4, 0.5) is 5.13 Å². The third-order valence-corrected chi connectivity index (χ3v) is 6.55. The van der Waals surface area contributed by atoms with Crippen molar-refractivity contribution in [2.45, 2.75) is 25.9 Å². The number of thiazole rings is 1. The first-order valence-corrected chi connectivity index (χ1v) is 11.5. The van der Waals surface area contributed by atoms with E-state index in [0.717, 1.165) is 34.2 Å². The third-order valence-electron chi connectivity index (χ3n) is 5.49. The first-order chi connectivity index (χ1) is 15.7. The molecule has 5 rings (SSSR count). The maximum absolute atomic E-state index is 13.6. The number of nitrogens with zero attached hydrogens (tertiary/aromatic N) is 2. The number of carbonyl (C=O) groups is 1. The summed E-state index contributed by atoms with van der Waals surface area (Å²) in [4.78, 5) is 20.1. The first-order valence-electron chi connectivity index (χ1n) is 10.7. The number of fused-ring (bicyclic) bond motifs is 2. The van der Waals surface area contributed by atoms with Crippen LogP contribution in [0.1, 0.15) is 30.3 Å². The summed E-state index contributed by atoms with van der Waals surface area (Å²) in [5.41, 5.74) is 1.36. The molecule has 0 radical (unpaired) electrons. The molecule has 0 aliphatic carbocycles. The van der Waals surface area contributed by atoms with Crippen LogP contribution >= 0.6 is 11.3 Å². The van der Waals surface area contributed by atoms with Gasteiger partial charge in [0.1, 0.15) is 5.75 Å². The summed E-state index contributed by atoms with van der Waals surface area (Å²) < 4.78 is 23.8. The summed E-state index contributed by atoms with van der Waals surface area (Å²) in [6.07, 6.45) is 1.88. The average Bonchev–Trinajstić information content (AvgIpc) is 3.56. The highest BCUT2D eigenvalue weighted by Crippen LogP contribution is 2.34. The summed E-state index contributed by atoms with van der Waals surface area (Å²) in [6.45, 7) is 3.57. The number of carbonyl (C=O) groups excluding carboxylic acids is 1. The number of hydrogen-bond acceptors (Lipinski definition) is 7. The SMILES string of the molecule is CCOc1cccc2cc(C(=O)N(CC3CCCO3)c3nc4cc(OC)ccc4s3)oc12. The Morgan fingerprint density at radius 2 is 2.19 bits per heavy atom. The third kappa shape index (κ3) is 3.91. The number of hydrogen-bond donors (Lipinski definition) is 0. The molecule has 1 amide bonds. The molecule has 3 heterocycles. The van der Waals surface area contributed by atoms with Gasteiger partial charge >= 0.3 is 0 Å². The Balaban J connectivity index is 1.53. The van der Waals surface area contributed by atoms with E-state index in [4.69, 9.17) is 23.6 Å². The highest BCUT2D eigenvalue weighted by Gasteiger charge is 2.29. The molecule has 0 N–H and O–H groups in total. The Morgan fingerprint density at radius 1 is 1.28 bits per heavy atom. The minimum atomic E-state index is -0.245. The van der Waals surface area contributed by atoms with Gasteiger partial charge in [0, 0.05) is 18.1 Å². The van der Waals surface area contributed by atoms with E-state index in [1.165, 1.54) is 11.3 Å². The molecule has 0 saturated carbocycles. The van der Waals surface area contributed by atoms with Crippen LogP contribution in [0.5, 0.6) is 11.5 Å². The first kappa shape index (κ1) is 20.8. The Bertz CT molecular complexity index is 1260. The number of para-hydroxylation sites is 1. The zero-order chi connectivity index (χ0) is 22.1. The van der Waals surface area contributed by atoms with Gasteiger partial charge in [0.25, 0.3) is 5.91 Å². The van der Waals surface area contributed by atoms with Crippen molar-refractivity contribution in [3.8, 4) is 11.5 Å². The molecule has 1 aliphatic rings. The Kier molecular flexibility index (Phi) is 5.71. The molecule has 7 nitrogen and oxygen atoms in total. The maximum Gasteiger partial charge on any atom is 0.295 e. The number of rotatable bonds is 7. The number of methoxy groups -OCH3 is 1. The van der Waals surface area contributed by atoms with E-state index in [-0.39, 0.29) is 17.8 Å². The topological polar surface area (TPSA) is 74.0 Å². The maximum atomic E-state index is 13.6. The summed E-state index contributed by atoms with van der Waals surface area (Å²) in [5.74, 6) is 1.36. The van der Waals surface area contributed by atoms with E-state index in [0.29, 0.717) is 36.2 Å². The Morgan fingerprint density at radius 3 is 2.97 bits per heavy atom. The molecule has 8 heteroatoms. The molecule has 2 aromatic heterocycles. The average molecular weight is 453 g/mol. The fourth-order valence-corrected chi connectivity index (χ4v) is 4.87. The summed E-state index contributed by atoms with van der Waals surface area (Å²) in [5, 5.41) is 1.43. The lowest BCUT2D eigenvalue weighted by Gasteiger charge is -2.22. The molecule has 166 valence electrons. The molecule has 0 bridgehead atoms. The normalized spacial score (nSPS) is 16.0. The van der Waals surface area contributed by atoms with Gasteiger partial charge in [-0.05, 0) is 44.0 Å². The van der Waals surface area contributed by atoms with Crippen molar-refractivity contribution in [2.24, 2.45) is 0 Å². The van der Waals surface area contributed by atoms with E-state index < -0.39 is 0 Å². The van der Waals surface area contributed by atoms with Crippen molar-refractivity contribution in [1.29, 1.82) is 0 Å². The fourth-order valence-electron chi connectivity index (χ4n) is 3.92. The van der Waals surface area contributed by atoms with Gasteiger partial charge in [-0.2, -0.15) is 0 Å². The molecule has 2 aromatic carbocycles. The molecule has 1 unspecified atom stereocenters. The zero-order valence-electron chi connectivity index (χ0n) is 18.0. The summed E-state index contributed by atoms with van der Waals surface area (Å²) >= 11 is 1.47. The molecule has 0 spiro atoms. The van der Waals surface area contributed by atoms with Crippen molar-refractivity contribution >= 4 is 43.6 Å². The second-order valence-corrected chi connectivity index (χ2v) is 8.61. The van der Waals surface area contributed by atoms with Gasteiger partial charge in [-0.15, -0.1) is 0 Å². The number of aromatic nitrogens is 1. The number of benzene rings is 2. The van der Waals surface area contributed by atoms with Crippen LogP contribution in [0.15, 0.2) is 46.9 Å². The predicted octanol–water partition coefficient (Wildman–Crippen LogP) is 5.28. The lowest BCUT2D eigenvalue weighted by Crippen LogP contribution is -2.37. The number of anilines is 1. The number of ether oxygens (including phenoxy) is 3.